The second-order valence-corrected chi connectivity index (χ2v) is 3.64. The van der Waals surface area contributed by atoms with Crippen LogP contribution in [0.2, 0.25) is 0 Å². The predicted molar refractivity (Wildman–Crippen MR) is 61.2 cm³/mol. The van der Waals surface area contributed by atoms with Gasteiger partial charge in [-0.25, -0.2) is 9.78 Å². The highest BCUT2D eigenvalue weighted by Crippen LogP contribution is 2.10. The molecule has 0 unspecified atom stereocenters. The molecule has 1 aromatic rings. The van der Waals surface area contributed by atoms with E-state index in [-0.39, 0.29) is 18.7 Å². The maximum Gasteiger partial charge on any atom is 0.329 e. The molecule has 0 spiro atoms. The molecule has 5 heteroatoms. The Bertz CT molecular complexity index is 307. The molecular weight excluding hydrogens is 206 g/mol. The highest BCUT2D eigenvalue weighted by atomic mass is 16.3. The number of imidazole rings is 1. The minimum absolute atomic E-state index is 0.0169. The van der Waals surface area contributed by atoms with Gasteiger partial charge in [0.05, 0.1) is 6.61 Å². The summed E-state index contributed by atoms with van der Waals surface area (Å²) in [4.78, 5) is 17.6. The molecule has 0 aromatic carbocycles. The van der Waals surface area contributed by atoms with Gasteiger partial charge >= 0.3 is 6.03 Å². The van der Waals surface area contributed by atoms with Gasteiger partial charge in [0.25, 0.3) is 0 Å². The van der Waals surface area contributed by atoms with Crippen LogP contribution in [-0.4, -0.2) is 44.8 Å². The molecule has 0 atom stereocenters. The smallest absolute Gasteiger partial charge is 0.329 e. The summed E-state index contributed by atoms with van der Waals surface area (Å²) in [5, 5.41) is 9.00. The fourth-order valence-corrected chi connectivity index (χ4v) is 1.79. The minimum Gasteiger partial charge on any atom is -0.395 e. The maximum absolute atomic E-state index is 12.1. The van der Waals surface area contributed by atoms with Crippen molar-refractivity contribution in [2.45, 2.75) is 32.7 Å². The quantitative estimate of drug-likeness (QED) is 0.822. The zero-order valence-electron chi connectivity index (χ0n) is 9.83. The Morgan fingerprint density at radius 3 is 2.62 bits per heavy atom. The van der Waals surface area contributed by atoms with Gasteiger partial charge in [-0.3, -0.25) is 4.57 Å². The van der Waals surface area contributed by atoms with Crippen LogP contribution >= 0.6 is 0 Å². The number of aromatic nitrogens is 2. The molecule has 5 nitrogen and oxygen atoms in total. The van der Waals surface area contributed by atoms with Crippen LogP contribution in [0.15, 0.2) is 18.7 Å². The zero-order chi connectivity index (χ0) is 12.0. The van der Waals surface area contributed by atoms with Crippen LogP contribution in [0.1, 0.15) is 26.7 Å². The van der Waals surface area contributed by atoms with E-state index in [9.17, 15) is 4.79 Å². The van der Waals surface area contributed by atoms with E-state index in [0.29, 0.717) is 6.54 Å². The molecule has 1 amide bonds. The summed E-state index contributed by atoms with van der Waals surface area (Å²) in [5.41, 5.74) is 0. The minimum atomic E-state index is -0.125. The molecule has 0 saturated carbocycles. The Kier molecular flexibility index (Phi) is 4.98. The van der Waals surface area contributed by atoms with E-state index >= 15 is 0 Å². The van der Waals surface area contributed by atoms with Gasteiger partial charge in [0.15, 0.2) is 0 Å². The molecule has 0 saturated heterocycles. The number of hydrogen-bond acceptors (Lipinski definition) is 3. The average molecular weight is 225 g/mol. The van der Waals surface area contributed by atoms with Gasteiger partial charge in [0.1, 0.15) is 6.33 Å². The number of carbonyl (C=O) groups excluding carboxylic acids is 1. The van der Waals surface area contributed by atoms with Crippen LogP contribution in [0.3, 0.4) is 0 Å². The molecule has 0 aliphatic rings. The first-order valence-corrected chi connectivity index (χ1v) is 5.64. The first-order chi connectivity index (χ1) is 7.74. The first-order valence-electron chi connectivity index (χ1n) is 5.64. The van der Waals surface area contributed by atoms with E-state index in [0.717, 1.165) is 12.8 Å². The Morgan fingerprint density at radius 1 is 1.50 bits per heavy atom. The first kappa shape index (κ1) is 12.7. The van der Waals surface area contributed by atoms with Crippen molar-refractivity contribution >= 4 is 6.03 Å². The van der Waals surface area contributed by atoms with E-state index in [1.54, 1.807) is 17.3 Å². The van der Waals surface area contributed by atoms with Crippen molar-refractivity contribution in [2.75, 3.05) is 13.2 Å². The molecule has 16 heavy (non-hydrogen) atoms. The van der Waals surface area contributed by atoms with Crippen LogP contribution in [0, 0.1) is 0 Å². The Balaban J connectivity index is 2.80. The number of rotatable bonds is 5. The van der Waals surface area contributed by atoms with Gasteiger partial charge < -0.3 is 10.0 Å². The standard InChI is InChI=1S/C11H19N3O2/c1-3-10(4-2)14(7-8-15)11(16)13-6-5-12-9-13/h5-6,9-10,15H,3-4,7-8H2,1-2H3. The third kappa shape index (κ3) is 2.82. The predicted octanol–water partition coefficient (Wildman–Crippen LogP) is 1.33. The number of amides is 1. The molecular formula is C11H19N3O2. The third-order valence-electron chi connectivity index (χ3n) is 2.70. The Labute approximate surface area is 95.7 Å². The van der Waals surface area contributed by atoms with Crippen LogP contribution < -0.4 is 0 Å². The zero-order valence-corrected chi connectivity index (χ0v) is 9.83. The number of hydrogen-bond donors (Lipinski definition) is 1. The molecule has 0 bridgehead atoms. The summed E-state index contributed by atoms with van der Waals surface area (Å²) in [5.74, 6) is 0. The van der Waals surface area contributed by atoms with Gasteiger partial charge in [-0.1, -0.05) is 13.8 Å². The lowest BCUT2D eigenvalue weighted by Gasteiger charge is -2.29. The molecule has 0 aliphatic carbocycles. The largest absolute Gasteiger partial charge is 0.395 e. The number of aliphatic hydroxyl groups is 1. The summed E-state index contributed by atoms with van der Waals surface area (Å²) in [6.45, 7) is 4.43. The molecule has 1 N–H and O–H groups in total. The van der Waals surface area contributed by atoms with Crippen molar-refractivity contribution in [1.82, 2.24) is 14.5 Å². The van der Waals surface area contributed by atoms with Gasteiger partial charge in [-0.2, -0.15) is 0 Å². The lowest BCUT2D eigenvalue weighted by atomic mass is 10.1. The second-order valence-electron chi connectivity index (χ2n) is 3.64. The summed E-state index contributed by atoms with van der Waals surface area (Å²) in [6, 6.07) is 0.0438. The highest BCUT2D eigenvalue weighted by molar-refractivity contribution is 5.77. The molecule has 0 radical (unpaired) electrons. The van der Waals surface area contributed by atoms with E-state index in [1.165, 1.54) is 10.9 Å². The van der Waals surface area contributed by atoms with Crippen LogP contribution in [0.25, 0.3) is 0 Å². The molecule has 1 heterocycles. The van der Waals surface area contributed by atoms with Crippen molar-refractivity contribution in [3.63, 3.8) is 0 Å². The summed E-state index contributed by atoms with van der Waals surface area (Å²) >= 11 is 0. The monoisotopic (exact) mass is 225 g/mol. The van der Waals surface area contributed by atoms with Crippen molar-refractivity contribution in [1.29, 1.82) is 0 Å². The van der Waals surface area contributed by atoms with Crippen molar-refractivity contribution in [3.8, 4) is 0 Å². The molecule has 1 aromatic heterocycles. The molecule has 1 rings (SSSR count). The summed E-state index contributed by atoms with van der Waals surface area (Å²) in [6.07, 6.45) is 6.44. The fourth-order valence-electron chi connectivity index (χ4n) is 1.79. The number of aliphatic hydroxyl groups excluding tert-OH is 1. The fraction of sp³-hybridized carbons (Fsp3) is 0.636. The van der Waals surface area contributed by atoms with E-state index < -0.39 is 0 Å². The Hall–Kier alpha value is -1.36. The van der Waals surface area contributed by atoms with Crippen molar-refractivity contribution in [3.05, 3.63) is 18.7 Å². The van der Waals surface area contributed by atoms with Gasteiger partial charge in [0.2, 0.25) is 0 Å². The molecule has 90 valence electrons. The number of carbonyl (C=O) groups is 1. The maximum atomic E-state index is 12.1. The van der Waals surface area contributed by atoms with Gasteiger partial charge in [-0.05, 0) is 12.8 Å². The van der Waals surface area contributed by atoms with Gasteiger partial charge in [0, 0.05) is 25.0 Å². The van der Waals surface area contributed by atoms with E-state index in [4.69, 9.17) is 5.11 Å². The summed E-state index contributed by atoms with van der Waals surface area (Å²) in [7, 11) is 0. The lowest BCUT2D eigenvalue weighted by molar-refractivity contribution is 0.149. The molecule has 0 fully saturated rings. The second kappa shape index (κ2) is 6.27. The van der Waals surface area contributed by atoms with Crippen LogP contribution in [0.5, 0.6) is 0 Å². The van der Waals surface area contributed by atoms with Gasteiger partial charge in [-0.15, -0.1) is 0 Å². The van der Waals surface area contributed by atoms with Crippen LogP contribution in [0.4, 0.5) is 4.79 Å². The van der Waals surface area contributed by atoms with Crippen molar-refractivity contribution in [2.24, 2.45) is 0 Å². The van der Waals surface area contributed by atoms with Crippen molar-refractivity contribution < 1.29 is 9.90 Å². The molecule has 0 aliphatic heterocycles. The van der Waals surface area contributed by atoms with E-state index in [2.05, 4.69) is 4.98 Å². The number of nitrogens with zero attached hydrogens (tertiary/aromatic N) is 3. The Morgan fingerprint density at radius 2 is 2.19 bits per heavy atom. The average Bonchev–Trinajstić information content (AvgIpc) is 2.82. The van der Waals surface area contributed by atoms with Crippen LogP contribution in [-0.2, 0) is 0 Å². The third-order valence-corrected chi connectivity index (χ3v) is 2.70. The normalized spacial score (nSPS) is 10.8. The SMILES string of the molecule is CCC(CC)N(CCO)C(=O)n1ccnc1. The summed E-state index contributed by atoms with van der Waals surface area (Å²) < 4.78 is 1.44. The topological polar surface area (TPSA) is 58.4 Å². The highest BCUT2D eigenvalue weighted by Gasteiger charge is 2.21. The van der Waals surface area contributed by atoms with E-state index in [1.807, 2.05) is 13.8 Å². The lowest BCUT2D eigenvalue weighted by Crippen LogP contribution is -2.43.